The van der Waals surface area contributed by atoms with Gasteiger partial charge in [0.25, 0.3) is 0 Å². The third-order valence-corrected chi connectivity index (χ3v) is 3.30. The lowest BCUT2D eigenvalue weighted by atomic mass is 10.0. The van der Waals surface area contributed by atoms with Crippen molar-refractivity contribution in [1.29, 1.82) is 0 Å². The van der Waals surface area contributed by atoms with E-state index in [0.717, 1.165) is 12.0 Å². The highest BCUT2D eigenvalue weighted by atomic mass is 16.3. The number of amides is 1. The van der Waals surface area contributed by atoms with Gasteiger partial charge in [-0.05, 0) is 37.1 Å². The summed E-state index contributed by atoms with van der Waals surface area (Å²) >= 11 is 0. The molecule has 2 N–H and O–H groups in total. The molecule has 0 saturated carbocycles. The monoisotopic (exact) mass is 278 g/mol. The Morgan fingerprint density at radius 3 is 2.40 bits per heavy atom. The normalized spacial score (nSPS) is 12.7. The number of nitrogens with one attached hydrogen (secondary N) is 1. The molecular weight excluding hydrogens is 252 g/mol. The standard InChI is InChI=1S/C16H26N2O2/c1-5-15(13-6-8-14(19)9-7-13)18(4)11-16(20)17-10-12(2)3/h6-9,12,15,19H,5,10-11H2,1-4H3,(H,17,20). The van der Waals surface area contributed by atoms with Crippen LogP contribution in [0.5, 0.6) is 5.75 Å². The van der Waals surface area contributed by atoms with E-state index in [1.54, 1.807) is 12.1 Å². The number of hydrogen-bond acceptors (Lipinski definition) is 3. The van der Waals surface area contributed by atoms with Crippen LogP contribution in [0.2, 0.25) is 0 Å². The summed E-state index contributed by atoms with van der Waals surface area (Å²) in [5, 5.41) is 12.3. The maximum Gasteiger partial charge on any atom is 0.234 e. The van der Waals surface area contributed by atoms with Gasteiger partial charge in [-0.2, -0.15) is 0 Å². The minimum absolute atomic E-state index is 0.0541. The summed E-state index contributed by atoms with van der Waals surface area (Å²) in [6.45, 7) is 7.35. The van der Waals surface area contributed by atoms with Gasteiger partial charge < -0.3 is 10.4 Å². The van der Waals surface area contributed by atoms with Gasteiger partial charge in [0, 0.05) is 12.6 Å². The summed E-state index contributed by atoms with van der Waals surface area (Å²) in [5.41, 5.74) is 1.12. The minimum Gasteiger partial charge on any atom is -0.508 e. The zero-order valence-electron chi connectivity index (χ0n) is 12.9. The van der Waals surface area contributed by atoms with Crippen molar-refractivity contribution in [2.24, 2.45) is 5.92 Å². The molecule has 0 radical (unpaired) electrons. The number of hydrogen-bond donors (Lipinski definition) is 2. The summed E-state index contributed by atoms with van der Waals surface area (Å²) < 4.78 is 0. The number of aromatic hydroxyl groups is 1. The second kappa shape index (κ2) is 7.90. The SMILES string of the molecule is CCC(c1ccc(O)cc1)N(C)CC(=O)NCC(C)C. The molecule has 0 spiro atoms. The van der Waals surface area contributed by atoms with Gasteiger partial charge in [-0.1, -0.05) is 32.9 Å². The van der Waals surface area contributed by atoms with Gasteiger partial charge in [0.15, 0.2) is 0 Å². The molecule has 1 atom stereocenters. The number of likely N-dealkylation sites (N-methyl/N-ethyl adjacent to an activating group) is 1. The molecule has 20 heavy (non-hydrogen) atoms. The van der Waals surface area contributed by atoms with Crippen LogP contribution < -0.4 is 5.32 Å². The van der Waals surface area contributed by atoms with Crippen molar-refractivity contribution >= 4 is 5.91 Å². The summed E-state index contributed by atoms with van der Waals surface area (Å²) in [5.74, 6) is 0.780. The predicted molar refractivity (Wildman–Crippen MR) is 81.6 cm³/mol. The van der Waals surface area contributed by atoms with E-state index in [-0.39, 0.29) is 17.7 Å². The zero-order chi connectivity index (χ0) is 15.1. The molecule has 0 heterocycles. The fourth-order valence-corrected chi connectivity index (χ4v) is 2.21. The Hall–Kier alpha value is -1.55. The quantitative estimate of drug-likeness (QED) is 0.806. The molecule has 4 nitrogen and oxygen atoms in total. The number of phenols is 1. The molecule has 0 bridgehead atoms. The van der Waals surface area contributed by atoms with Gasteiger partial charge in [0.05, 0.1) is 6.54 Å². The maximum atomic E-state index is 11.9. The summed E-state index contributed by atoms with van der Waals surface area (Å²) in [4.78, 5) is 13.9. The molecule has 1 rings (SSSR count). The average molecular weight is 278 g/mol. The van der Waals surface area contributed by atoms with E-state index in [0.29, 0.717) is 19.0 Å². The van der Waals surface area contributed by atoms with Crippen LogP contribution in [0.4, 0.5) is 0 Å². The van der Waals surface area contributed by atoms with Crippen LogP contribution in [-0.2, 0) is 4.79 Å². The van der Waals surface area contributed by atoms with E-state index in [2.05, 4.69) is 26.1 Å². The Kier molecular flexibility index (Phi) is 6.52. The second-order valence-electron chi connectivity index (χ2n) is 5.63. The van der Waals surface area contributed by atoms with Crippen molar-refractivity contribution in [3.05, 3.63) is 29.8 Å². The molecule has 112 valence electrons. The van der Waals surface area contributed by atoms with Crippen molar-refractivity contribution in [2.45, 2.75) is 33.2 Å². The predicted octanol–water partition coefficient (Wildman–Crippen LogP) is 2.55. The molecule has 0 aromatic heterocycles. The molecule has 1 aromatic rings. The largest absolute Gasteiger partial charge is 0.508 e. The Morgan fingerprint density at radius 2 is 1.90 bits per heavy atom. The number of nitrogens with zero attached hydrogens (tertiary/aromatic N) is 1. The molecule has 1 unspecified atom stereocenters. The summed E-state index contributed by atoms with van der Waals surface area (Å²) in [6.07, 6.45) is 0.915. The van der Waals surface area contributed by atoms with Gasteiger partial charge in [0.1, 0.15) is 5.75 Å². The summed E-state index contributed by atoms with van der Waals surface area (Å²) in [6, 6.07) is 7.37. The van der Waals surface area contributed by atoms with E-state index in [1.165, 1.54) is 0 Å². The van der Waals surface area contributed by atoms with E-state index in [4.69, 9.17) is 0 Å². The smallest absolute Gasteiger partial charge is 0.234 e. The van der Waals surface area contributed by atoms with Crippen LogP contribution in [0, 0.1) is 5.92 Å². The Morgan fingerprint density at radius 1 is 1.30 bits per heavy atom. The van der Waals surface area contributed by atoms with Gasteiger partial charge >= 0.3 is 0 Å². The average Bonchev–Trinajstić information content (AvgIpc) is 2.39. The Bertz CT molecular complexity index is 415. The molecule has 4 heteroatoms. The van der Waals surface area contributed by atoms with Crippen molar-refractivity contribution in [3.63, 3.8) is 0 Å². The van der Waals surface area contributed by atoms with Gasteiger partial charge in [0.2, 0.25) is 5.91 Å². The molecule has 0 aliphatic rings. The van der Waals surface area contributed by atoms with Crippen LogP contribution in [0.15, 0.2) is 24.3 Å². The number of carbonyl (C=O) groups excluding carboxylic acids is 1. The first-order valence-electron chi connectivity index (χ1n) is 7.19. The summed E-state index contributed by atoms with van der Waals surface area (Å²) in [7, 11) is 1.95. The third-order valence-electron chi connectivity index (χ3n) is 3.30. The van der Waals surface area contributed by atoms with Gasteiger partial charge in [-0.3, -0.25) is 9.69 Å². The fraction of sp³-hybridized carbons (Fsp3) is 0.562. The third kappa shape index (κ3) is 5.21. The van der Waals surface area contributed by atoms with Crippen molar-refractivity contribution < 1.29 is 9.90 Å². The van der Waals surface area contributed by atoms with Crippen LogP contribution in [-0.4, -0.2) is 36.1 Å². The Balaban J connectivity index is 2.60. The number of carbonyl (C=O) groups is 1. The van der Waals surface area contributed by atoms with Crippen LogP contribution in [0.1, 0.15) is 38.8 Å². The molecule has 0 fully saturated rings. The van der Waals surface area contributed by atoms with E-state index >= 15 is 0 Å². The van der Waals surface area contributed by atoms with E-state index in [9.17, 15) is 9.90 Å². The number of benzene rings is 1. The second-order valence-corrected chi connectivity index (χ2v) is 5.63. The highest BCUT2D eigenvalue weighted by molar-refractivity contribution is 5.78. The minimum atomic E-state index is 0.0541. The van der Waals surface area contributed by atoms with E-state index in [1.807, 2.05) is 24.1 Å². The van der Waals surface area contributed by atoms with Crippen LogP contribution >= 0.6 is 0 Å². The number of rotatable bonds is 7. The zero-order valence-corrected chi connectivity index (χ0v) is 12.9. The van der Waals surface area contributed by atoms with Gasteiger partial charge in [-0.25, -0.2) is 0 Å². The lowest BCUT2D eigenvalue weighted by molar-refractivity contribution is -0.122. The first-order valence-corrected chi connectivity index (χ1v) is 7.19. The molecule has 0 saturated heterocycles. The molecule has 1 amide bonds. The molecular formula is C16H26N2O2. The van der Waals surface area contributed by atoms with Crippen LogP contribution in [0.25, 0.3) is 0 Å². The van der Waals surface area contributed by atoms with Crippen molar-refractivity contribution in [1.82, 2.24) is 10.2 Å². The van der Waals surface area contributed by atoms with Crippen LogP contribution in [0.3, 0.4) is 0 Å². The first kappa shape index (κ1) is 16.5. The Labute approximate surface area is 121 Å². The lowest BCUT2D eigenvalue weighted by Gasteiger charge is -2.27. The topological polar surface area (TPSA) is 52.6 Å². The first-order chi connectivity index (χ1) is 9.43. The van der Waals surface area contributed by atoms with Crippen molar-refractivity contribution in [2.75, 3.05) is 20.1 Å². The molecule has 1 aromatic carbocycles. The fourth-order valence-electron chi connectivity index (χ4n) is 2.21. The highest BCUT2D eigenvalue weighted by Crippen LogP contribution is 2.24. The van der Waals surface area contributed by atoms with E-state index < -0.39 is 0 Å². The molecule has 0 aliphatic carbocycles. The maximum absolute atomic E-state index is 11.9. The highest BCUT2D eigenvalue weighted by Gasteiger charge is 2.17. The van der Waals surface area contributed by atoms with Crippen molar-refractivity contribution in [3.8, 4) is 5.75 Å². The number of phenolic OH excluding ortho intramolecular Hbond substituents is 1. The molecule has 0 aliphatic heterocycles. The lowest BCUT2D eigenvalue weighted by Crippen LogP contribution is -2.38. The van der Waals surface area contributed by atoms with Gasteiger partial charge in [-0.15, -0.1) is 0 Å².